The zero-order valence-corrected chi connectivity index (χ0v) is 8.32. The van der Waals surface area contributed by atoms with E-state index in [1.54, 1.807) is 6.92 Å². The van der Waals surface area contributed by atoms with E-state index in [9.17, 15) is 13.2 Å². The van der Waals surface area contributed by atoms with E-state index >= 15 is 0 Å². The number of allylic oxidation sites excluding steroid dienone is 1. The summed E-state index contributed by atoms with van der Waals surface area (Å²) < 4.78 is 39.7. The molecular formula is C7H7BrF3NO. The van der Waals surface area contributed by atoms with Crippen molar-refractivity contribution in [2.24, 2.45) is 4.99 Å². The smallest absolute Gasteiger partial charge is 0.266 e. The predicted molar refractivity (Wildman–Crippen MR) is 45.7 cm³/mol. The van der Waals surface area contributed by atoms with Crippen molar-refractivity contribution in [3.05, 3.63) is 10.1 Å². The fourth-order valence-corrected chi connectivity index (χ4v) is 1.18. The quantitative estimate of drug-likeness (QED) is 0.708. The van der Waals surface area contributed by atoms with Crippen molar-refractivity contribution >= 4 is 22.1 Å². The van der Waals surface area contributed by atoms with Crippen molar-refractivity contribution in [3.8, 4) is 0 Å². The van der Waals surface area contributed by atoms with Crippen molar-refractivity contribution in [2.45, 2.75) is 25.9 Å². The van der Waals surface area contributed by atoms with Gasteiger partial charge < -0.3 is 0 Å². The molecule has 0 aliphatic carbocycles. The fourth-order valence-electron chi connectivity index (χ4n) is 0.897. The highest BCUT2D eigenvalue weighted by Gasteiger charge is 2.34. The predicted octanol–water partition coefficient (Wildman–Crippen LogP) is 2.99. The van der Waals surface area contributed by atoms with Crippen LogP contribution >= 0.6 is 15.9 Å². The van der Waals surface area contributed by atoms with Crippen molar-refractivity contribution < 1.29 is 17.9 Å². The number of alkyl halides is 3. The Morgan fingerprint density at radius 1 is 1.62 bits per heavy atom. The van der Waals surface area contributed by atoms with Crippen LogP contribution in [0.5, 0.6) is 0 Å². The standard InChI is InChI=1S/C7H7BrF3NO/c1-4-2-6(12-3-5(4)8)13-7(9,10)11/h3,6H,2H2,1H3. The SMILES string of the molecule is CC1=C(Br)C=NC(OC(F)(F)F)C1. The van der Waals surface area contributed by atoms with Crippen LogP contribution in [0.3, 0.4) is 0 Å². The Labute approximate surface area is 81.6 Å². The molecule has 1 unspecified atom stereocenters. The molecule has 2 nitrogen and oxygen atoms in total. The zero-order valence-electron chi connectivity index (χ0n) is 6.73. The van der Waals surface area contributed by atoms with E-state index in [4.69, 9.17) is 0 Å². The van der Waals surface area contributed by atoms with Gasteiger partial charge in [0.15, 0.2) is 6.23 Å². The molecule has 1 rings (SSSR count). The van der Waals surface area contributed by atoms with E-state index < -0.39 is 12.6 Å². The van der Waals surface area contributed by atoms with Gasteiger partial charge in [0.2, 0.25) is 0 Å². The maximum absolute atomic E-state index is 11.7. The molecule has 1 aliphatic heterocycles. The van der Waals surface area contributed by atoms with E-state index in [0.29, 0.717) is 0 Å². The maximum atomic E-state index is 11.7. The normalized spacial score (nSPS) is 23.9. The third-order valence-electron chi connectivity index (χ3n) is 1.51. The topological polar surface area (TPSA) is 21.6 Å². The molecule has 0 fully saturated rings. The van der Waals surface area contributed by atoms with Crippen LogP contribution < -0.4 is 0 Å². The Kier molecular flexibility index (Phi) is 3.13. The first-order chi connectivity index (χ1) is 5.88. The Hall–Kier alpha value is -0.360. The maximum Gasteiger partial charge on any atom is 0.524 e. The Balaban J connectivity index is 2.56. The molecule has 0 spiro atoms. The van der Waals surface area contributed by atoms with Gasteiger partial charge in [0.05, 0.1) is 0 Å². The number of rotatable bonds is 1. The first kappa shape index (κ1) is 10.7. The van der Waals surface area contributed by atoms with E-state index in [-0.39, 0.29) is 6.42 Å². The number of aliphatic imine (C=N–C) groups is 1. The molecular weight excluding hydrogens is 251 g/mol. The molecule has 13 heavy (non-hydrogen) atoms. The van der Waals surface area contributed by atoms with Crippen LogP contribution in [0.4, 0.5) is 13.2 Å². The average molecular weight is 258 g/mol. The Morgan fingerprint density at radius 2 is 2.23 bits per heavy atom. The molecule has 6 heteroatoms. The van der Waals surface area contributed by atoms with Crippen LogP contribution in [0.1, 0.15) is 13.3 Å². The third kappa shape index (κ3) is 3.48. The van der Waals surface area contributed by atoms with Gasteiger partial charge in [-0.3, -0.25) is 9.73 Å². The first-order valence-electron chi connectivity index (χ1n) is 3.51. The molecule has 1 atom stereocenters. The monoisotopic (exact) mass is 257 g/mol. The average Bonchev–Trinajstić information content (AvgIpc) is 1.94. The number of hydrogen-bond donors (Lipinski definition) is 0. The highest BCUT2D eigenvalue weighted by Crippen LogP contribution is 2.27. The lowest BCUT2D eigenvalue weighted by atomic mass is 10.1. The first-order valence-corrected chi connectivity index (χ1v) is 4.31. The summed E-state index contributed by atoms with van der Waals surface area (Å²) in [7, 11) is 0. The number of halogens is 4. The largest absolute Gasteiger partial charge is 0.524 e. The second-order valence-corrected chi connectivity index (χ2v) is 3.48. The van der Waals surface area contributed by atoms with Gasteiger partial charge in [-0.2, -0.15) is 0 Å². The summed E-state index contributed by atoms with van der Waals surface area (Å²) in [5.41, 5.74) is 0.796. The van der Waals surface area contributed by atoms with Crippen molar-refractivity contribution in [1.29, 1.82) is 0 Å². The summed E-state index contributed by atoms with van der Waals surface area (Å²) in [5.74, 6) is 0. The fraction of sp³-hybridized carbons (Fsp3) is 0.571. The summed E-state index contributed by atoms with van der Waals surface area (Å²) in [6.45, 7) is 1.72. The van der Waals surface area contributed by atoms with Crippen LogP contribution in [-0.4, -0.2) is 18.8 Å². The molecule has 0 bridgehead atoms. The Bertz CT molecular complexity index is 259. The molecule has 1 heterocycles. The zero-order chi connectivity index (χ0) is 10.1. The van der Waals surface area contributed by atoms with Gasteiger partial charge in [-0.1, -0.05) is 5.57 Å². The van der Waals surface area contributed by atoms with E-state index in [1.165, 1.54) is 6.21 Å². The number of hydrogen-bond acceptors (Lipinski definition) is 2. The molecule has 0 aromatic carbocycles. The van der Waals surface area contributed by atoms with Crippen LogP contribution in [-0.2, 0) is 4.74 Å². The number of nitrogens with zero attached hydrogens (tertiary/aromatic N) is 1. The second kappa shape index (κ2) is 3.79. The lowest BCUT2D eigenvalue weighted by Gasteiger charge is -2.19. The van der Waals surface area contributed by atoms with Gasteiger partial charge in [-0.25, -0.2) is 0 Å². The molecule has 0 N–H and O–H groups in total. The van der Waals surface area contributed by atoms with E-state index in [0.717, 1.165) is 10.1 Å². The highest BCUT2D eigenvalue weighted by atomic mass is 79.9. The molecule has 0 saturated carbocycles. The third-order valence-corrected chi connectivity index (χ3v) is 2.39. The van der Waals surface area contributed by atoms with Crippen molar-refractivity contribution in [3.63, 3.8) is 0 Å². The molecule has 1 aliphatic rings. The minimum atomic E-state index is -4.62. The van der Waals surface area contributed by atoms with Crippen LogP contribution in [0, 0.1) is 0 Å². The van der Waals surface area contributed by atoms with Crippen molar-refractivity contribution in [1.82, 2.24) is 0 Å². The van der Waals surface area contributed by atoms with Gasteiger partial charge in [-0.05, 0) is 22.9 Å². The molecule has 0 saturated heterocycles. The summed E-state index contributed by atoms with van der Waals surface area (Å²) in [4.78, 5) is 3.57. The molecule has 0 aromatic heterocycles. The highest BCUT2D eigenvalue weighted by molar-refractivity contribution is 9.12. The van der Waals surface area contributed by atoms with Gasteiger partial charge in [-0.15, -0.1) is 13.2 Å². The molecule has 0 aromatic rings. The van der Waals surface area contributed by atoms with Crippen LogP contribution in [0.25, 0.3) is 0 Å². The number of ether oxygens (including phenoxy) is 1. The van der Waals surface area contributed by atoms with Crippen LogP contribution in [0.2, 0.25) is 0 Å². The van der Waals surface area contributed by atoms with Gasteiger partial charge >= 0.3 is 6.36 Å². The Morgan fingerprint density at radius 3 is 2.69 bits per heavy atom. The summed E-state index contributed by atoms with van der Waals surface area (Å²) in [5, 5.41) is 0. The summed E-state index contributed by atoms with van der Waals surface area (Å²) in [6, 6.07) is 0. The second-order valence-electron chi connectivity index (χ2n) is 2.63. The molecule has 74 valence electrons. The van der Waals surface area contributed by atoms with Crippen LogP contribution in [0.15, 0.2) is 15.0 Å². The van der Waals surface area contributed by atoms with Crippen molar-refractivity contribution in [2.75, 3.05) is 0 Å². The van der Waals surface area contributed by atoms with E-state index in [2.05, 4.69) is 25.7 Å². The van der Waals surface area contributed by atoms with Gasteiger partial charge in [0, 0.05) is 17.1 Å². The van der Waals surface area contributed by atoms with Gasteiger partial charge in [0.25, 0.3) is 0 Å². The summed E-state index contributed by atoms with van der Waals surface area (Å²) in [6.07, 6.45) is -4.26. The molecule has 0 radical (unpaired) electrons. The van der Waals surface area contributed by atoms with Gasteiger partial charge in [0.1, 0.15) is 0 Å². The lowest BCUT2D eigenvalue weighted by molar-refractivity contribution is -0.341. The minimum Gasteiger partial charge on any atom is -0.266 e. The minimum absolute atomic E-state index is 0.163. The summed E-state index contributed by atoms with van der Waals surface area (Å²) >= 11 is 3.15. The van der Waals surface area contributed by atoms with E-state index in [1.807, 2.05) is 0 Å². The lowest BCUT2D eigenvalue weighted by Crippen LogP contribution is -2.24. The number of dihydropyridines is 1. The molecule has 0 amide bonds.